The van der Waals surface area contributed by atoms with Gasteiger partial charge < -0.3 is 4.74 Å². The van der Waals surface area contributed by atoms with Crippen LogP contribution in [0.1, 0.15) is 34.9 Å². The van der Waals surface area contributed by atoms with Crippen molar-refractivity contribution in [2.75, 3.05) is 0 Å². The summed E-state index contributed by atoms with van der Waals surface area (Å²) >= 11 is 1.49. The number of esters is 1. The molecule has 2 heterocycles. The normalized spacial score (nSPS) is 10.9. The van der Waals surface area contributed by atoms with Crippen molar-refractivity contribution in [3.05, 3.63) is 34.0 Å². The smallest absolute Gasteiger partial charge is 0.341 e. The van der Waals surface area contributed by atoms with Crippen LogP contribution in [0.3, 0.4) is 0 Å². The lowest BCUT2D eigenvalue weighted by Gasteiger charge is -2.03. The van der Waals surface area contributed by atoms with Crippen molar-refractivity contribution in [1.82, 2.24) is 14.8 Å². The maximum atomic E-state index is 11.8. The Labute approximate surface area is 116 Å². The Morgan fingerprint density at radius 1 is 1.53 bits per heavy atom. The molecular formula is C13H17N3O2S. The molecule has 2 aromatic rings. The van der Waals surface area contributed by atoms with Gasteiger partial charge in [-0.25, -0.2) is 9.78 Å². The Bertz CT molecular complexity index is 560. The molecule has 19 heavy (non-hydrogen) atoms. The minimum absolute atomic E-state index is 0.215. The van der Waals surface area contributed by atoms with Gasteiger partial charge in [-0.1, -0.05) is 13.8 Å². The molecule has 0 unspecified atom stereocenters. The number of aromatic nitrogens is 3. The molecule has 0 fully saturated rings. The Hall–Kier alpha value is -1.69. The van der Waals surface area contributed by atoms with Gasteiger partial charge in [0.25, 0.3) is 0 Å². The zero-order chi connectivity index (χ0) is 13.8. The van der Waals surface area contributed by atoms with Gasteiger partial charge in [0.1, 0.15) is 11.6 Å². The fraction of sp³-hybridized carbons (Fsp3) is 0.462. The third-order valence-electron chi connectivity index (χ3n) is 2.41. The third kappa shape index (κ3) is 3.89. The van der Waals surface area contributed by atoms with Gasteiger partial charge in [-0.2, -0.15) is 5.10 Å². The molecule has 0 saturated carbocycles. The van der Waals surface area contributed by atoms with Gasteiger partial charge in [-0.3, -0.25) is 4.68 Å². The van der Waals surface area contributed by atoms with Gasteiger partial charge in [0.2, 0.25) is 0 Å². The summed E-state index contributed by atoms with van der Waals surface area (Å²) in [6.45, 7) is 7.12. The molecule has 5 nitrogen and oxygen atoms in total. The number of hydrogen-bond acceptors (Lipinski definition) is 5. The van der Waals surface area contributed by atoms with Crippen molar-refractivity contribution in [1.29, 1.82) is 0 Å². The molecule has 2 rings (SSSR count). The summed E-state index contributed by atoms with van der Waals surface area (Å²) in [6, 6.07) is 0. The molecule has 6 heteroatoms. The largest absolute Gasteiger partial charge is 0.455 e. The van der Waals surface area contributed by atoms with Crippen molar-refractivity contribution in [2.45, 2.75) is 33.9 Å². The van der Waals surface area contributed by atoms with Crippen LogP contribution >= 0.6 is 11.3 Å². The van der Waals surface area contributed by atoms with Crippen LogP contribution in [0.2, 0.25) is 0 Å². The quantitative estimate of drug-likeness (QED) is 0.790. The van der Waals surface area contributed by atoms with Crippen LogP contribution in [0.25, 0.3) is 0 Å². The first-order valence-corrected chi connectivity index (χ1v) is 7.03. The highest BCUT2D eigenvalue weighted by molar-refractivity contribution is 7.09. The number of carbonyl (C=O) groups excluding carboxylic acids is 1. The second kappa shape index (κ2) is 5.97. The molecule has 0 aliphatic rings. The summed E-state index contributed by atoms with van der Waals surface area (Å²) in [5, 5.41) is 6.88. The van der Waals surface area contributed by atoms with E-state index in [1.165, 1.54) is 17.5 Å². The van der Waals surface area contributed by atoms with E-state index in [-0.39, 0.29) is 12.6 Å². The van der Waals surface area contributed by atoms with E-state index in [0.717, 1.165) is 17.2 Å². The monoisotopic (exact) mass is 279 g/mol. The maximum absolute atomic E-state index is 11.8. The van der Waals surface area contributed by atoms with E-state index in [1.807, 2.05) is 12.3 Å². The first kappa shape index (κ1) is 13.7. The summed E-state index contributed by atoms with van der Waals surface area (Å²) in [4.78, 5) is 16.1. The van der Waals surface area contributed by atoms with E-state index in [2.05, 4.69) is 23.9 Å². The zero-order valence-corrected chi connectivity index (χ0v) is 12.1. The van der Waals surface area contributed by atoms with Crippen LogP contribution in [-0.2, 0) is 17.9 Å². The van der Waals surface area contributed by atoms with Crippen LogP contribution in [0.4, 0.5) is 0 Å². The van der Waals surface area contributed by atoms with E-state index >= 15 is 0 Å². The SMILES string of the molecule is Cc1csc(COC(=O)c2cnn(CC(C)C)c2)n1. The molecule has 102 valence electrons. The van der Waals surface area contributed by atoms with Crippen LogP contribution in [0, 0.1) is 12.8 Å². The van der Waals surface area contributed by atoms with Crippen molar-refractivity contribution in [2.24, 2.45) is 5.92 Å². The van der Waals surface area contributed by atoms with Gasteiger partial charge in [0, 0.05) is 23.8 Å². The summed E-state index contributed by atoms with van der Waals surface area (Å²) in [5.74, 6) is 0.130. The lowest BCUT2D eigenvalue weighted by molar-refractivity contribution is 0.0472. The maximum Gasteiger partial charge on any atom is 0.341 e. The highest BCUT2D eigenvalue weighted by atomic mass is 32.1. The fourth-order valence-corrected chi connectivity index (χ4v) is 2.31. The molecule has 0 aliphatic carbocycles. The lowest BCUT2D eigenvalue weighted by atomic mass is 10.2. The van der Waals surface area contributed by atoms with Gasteiger partial charge in [0.15, 0.2) is 0 Å². The molecule has 0 aliphatic heterocycles. The third-order valence-corrected chi connectivity index (χ3v) is 3.35. The van der Waals surface area contributed by atoms with E-state index in [4.69, 9.17) is 4.74 Å². The summed E-state index contributed by atoms with van der Waals surface area (Å²) < 4.78 is 6.96. The second-order valence-electron chi connectivity index (χ2n) is 4.80. The lowest BCUT2D eigenvalue weighted by Crippen LogP contribution is -2.06. The molecule has 0 spiro atoms. The average molecular weight is 279 g/mol. The first-order valence-electron chi connectivity index (χ1n) is 6.15. The molecule has 0 aromatic carbocycles. The van der Waals surface area contributed by atoms with E-state index in [9.17, 15) is 4.79 Å². The van der Waals surface area contributed by atoms with Crippen molar-refractivity contribution < 1.29 is 9.53 Å². The highest BCUT2D eigenvalue weighted by Gasteiger charge is 2.11. The molecule has 0 saturated heterocycles. The minimum Gasteiger partial charge on any atom is -0.455 e. The van der Waals surface area contributed by atoms with Gasteiger partial charge in [-0.05, 0) is 12.8 Å². The standard InChI is InChI=1S/C13H17N3O2S/c1-9(2)5-16-6-11(4-14-16)13(17)18-7-12-15-10(3)8-19-12/h4,6,8-9H,5,7H2,1-3H3. The Balaban J connectivity index is 1.90. The van der Waals surface area contributed by atoms with E-state index < -0.39 is 0 Å². The summed E-state index contributed by atoms with van der Waals surface area (Å²) in [5.41, 5.74) is 1.43. The summed E-state index contributed by atoms with van der Waals surface area (Å²) in [6.07, 6.45) is 3.26. The highest BCUT2D eigenvalue weighted by Crippen LogP contribution is 2.11. The fourth-order valence-electron chi connectivity index (χ4n) is 1.62. The van der Waals surface area contributed by atoms with Crippen LogP contribution < -0.4 is 0 Å². The second-order valence-corrected chi connectivity index (χ2v) is 5.75. The predicted molar refractivity (Wildman–Crippen MR) is 73.0 cm³/mol. The molecular weight excluding hydrogens is 262 g/mol. The van der Waals surface area contributed by atoms with E-state index in [0.29, 0.717) is 11.5 Å². The number of carbonyl (C=O) groups is 1. The van der Waals surface area contributed by atoms with Crippen molar-refractivity contribution in [3.8, 4) is 0 Å². The number of nitrogens with zero attached hydrogens (tertiary/aromatic N) is 3. The Kier molecular flexibility index (Phi) is 4.31. The predicted octanol–water partition coefficient (Wildman–Crippen LogP) is 2.66. The molecule has 0 N–H and O–H groups in total. The molecule has 0 amide bonds. The molecule has 2 aromatic heterocycles. The van der Waals surface area contributed by atoms with Crippen LogP contribution in [-0.4, -0.2) is 20.7 Å². The number of rotatable bonds is 5. The first-order chi connectivity index (χ1) is 9.04. The van der Waals surface area contributed by atoms with Crippen molar-refractivity contribution in [3.63, 3.8) is 0 Å². The van der Waals surface area contributed by atoms with Crippen molar-refractivity contribution >= 4 is 17.3 Å². The number of hydrogen-bond donors (Lipinski definition) is 0. The zero-order valence-electron chi connectivity index (χ0n) is 11.3. The van der Waals surface area contributed by atoms with Gasteiger partial charge >= 0.3 is 5.97 Å². The van der Waals surface area contributed by atoms with Gasteiger partial charge in [-0.15, -0.1) is 11.3 Å². The summed E-state index contributed by atoms with van der Waals surface area (Å²) in [7, 11) is 0. The molecule has 0 atom stereocenters. The van der Waals surface area contributed by atoms with Crippen LogP contribution in [0.15, 0.2) is 17.8 Å². The number of thiazole rings is 1. The Morgan fingerprint density at radius 2 is 2.32 bits per heavy atom. The van der Waals surface area contributed by atoms with Gasteiger partial charge in [0.05, 0.1) is 11.8 Å². The Morgan fingerprint density at radius 3 is 2.95 bits per heavy atom. The minimum atomic E-state index is -0.358. The number of aryl methyl sites for hydroxylation is 1. The molecule has 0 bridgehead atoms. The van der Waals surface area contributed by atoms with E-state index in [1.54, 1.807) is 10.9 Å². The topological polar surface area (TPSA) is 57.0 Å². The van der Waals surface area contributed by atoms with Crippen LogP contribution in [0.5, 0.6) is 0 Å². The average Bonchev–Trinajstić information content (AvgIpc) is 2.95. The number of ether oxygens (including phenoxy) is 1. The molecule has 0 radical (unpaired) electrons.